The number of carbonyl (C=O) groups excluding carboxylic acids is 1. The molecule has 1 aromatic heterocycles. The highest BCUT2D eigenvalue weighted by Crippen LogP contribution is 2.29. The molecule has 2 aromatic rings. The van der Waals surface area contributed by atoms with Gasteiger partial charge in [-0.05, 0) is 24.3 Å². The van der Waals surface area contributed by atoms with E-state index in [4.69, 9.17) is 0 Å². The van der Waals surface area contributed by atoms with Gasteiger partial charge >= 0.3 is 0 Å². The highest BCUT2D eigenvalue weighted by atomic mass is 19.3. The third-order valence-corrected chi connectivity index (χ3v) is 3.44. The van der Waals surface area contributed by atoms with Crippen LogP contribution >= 0.6 is 0 Å². The van der Waals surface area contributed by atoms with Gasteiger partial charge in [0, 0.05) is 10.9 Å². The summed E-state index contributed by atoms with van der Waals surface area (Å²) in [5.74, 6) is -0.918. The van der Waals surface area contributed by atoms with Gasteiger partial charge in [-0.15, -0.1) is 0 Å². The number of alkyl halides is 2. The van der Waals surface area contributed by atoms with E-state index in [1.807, 2.05) is 0 Å². The number of benzene rings is 1. The smallest absolute Gasteiger partial charge is 0.270 e. The first-order valence-electron chi connectivity index (χ1n) is 5.97. The van der Waals surface area contributed by atoms with Crippen LogP contribution < -0.4 is 0 Å². The Bertz CT molecular complexity index is 677. The summed E-state index contributed by atoms with van der Waals surface area (Å²) in [7, 11) is 0. The second kappa shape index (κ2) is 4.24. The first-order chi connectivity index (χ1) is 9.39. The van der Waals surface area contributed by atoms with Crippen LogP contribution in [0.2, 0.25) is 0 Å². The largest absolute Gasteiger partial charge is 0.380 e. The Morgan fingerprint density at radius 2 is 2.05 bits per heavy atom. The number of β-amino-alcohol motifs (C(OH)–C–C–N with tert-alkyl or cyclic N) is 1. The summed E-state index contributed by atoms with van der Waals surface area (Å²) in [6, 6.07) is 5.48. The summed E-state index contributed by atoms with van der Waals surface area (Å²) in [6.07, 6.45) is -2.89. The molecule has 2 heterocycles. The molecule has 1 saturated heterocycles. The Morgan fingerprint density at radius 1 is 1.35 bits per heavy atom. The number of amides is 1. The first-order valence-corrected chi connectivity index (χ1v) is 5.97. The number of nitrogens with one attached hydrogen (secondary N) is 1. The minimum absolute atomic E-state index is 0.182. The summed E-state index contributed by atoms with van der Waals surface area (Å²) in [5.41, 5.74) is -1.35. The SMILES string of the molecule is O=C(c1cc2cc(F)ccc2[nH]1)N1CC(O)(C(F)F)C1. The second-order valence-electron chi connectivity index (χ2n) is 4.98. The highest BCUT2D eigenvalue weighted by molar-refractivity contribution is 5.98. The third-order valence-electron chi connectivity index (χ3n) is 3.44. The number of rotatable bonds is 2. The van der Waals surface area contributed by atoms with Crippen LogP contribution in [0.4, 0.5) is 13.2 Å². The van der Waals surface area contributed by atoms with E-state index in [0.29, 0.717) is 10.9 Å². The minimum Gasteiger partial charge on any atom is -0.380 e. The summed E-state index contributed by atoms with van der Waals surface area (Å²) in [4.78, 5) is 16.0. The maximum atomic E-state index is 13.0. The number of hydrogen-bond acceptors (Lipinski definition) is 2. The molecule has 0 atom stereocenters. The molecule has 0 saturated carbocycles. The zero-order valence-electron chi connectivity index (χ0n) is 10.2. The number of hydrogen-bond donors (Lipinski definition) is 2. The van der Waals surface area contributed by atoms with Crippen molar-refractivity contribution in [3.05, 3.63) is 35.8 Å². The number of aliphatic hydroxyl groups is 1. The number of fused-ring (bicyclic) bond motifs is 1. The Hall–Kier alpha value is -2.02. The van der Waals surface area contributed by atoms with E-state index >= 15 is 0 Å². The minimum atomic E-state index is -2.89. The van der Waals surface area contributed by atoms with Gasteiger partial charge in [0.05, 0.1) is 13.1 Å². The molecule has 0 spiro atoms. The third kappa shape index (κ3) is 1.94. The van der Waals surface area contributed by atoms with Crippen LogP contribution in [0.15, 0.2) is 24.3 Å². The van der Waals surface area contributed by atoms with Crippen LogP contribution in [-0.4, -0.2) is 46.0 Å². The summed E-state index contributed by atoms with van der Waals surface area (Å²) in [6.45, 7) is -0.819. The fourth-order valence-corrected chi connectivity index (χ4v) is 2.29. The van der Waals surface area contributed by atoms with Gasteiger partial charge in [-0.25, -0.2) is 13.2 Å². The molecule has 0 radical (unpaired) electrons. The molecule has 7 heteroatoms. The van der Waals surface area contributed by atoms with Crippen molar-refractivity contribution in [3.63, 3.8) is 0 Å². The van der Waals surface area contributed by atoms with E-state index in [1.165, 1.54) is 24.3 Å². The van der Waals surface area contributed by atoms with Crippen molar-refractivity contribution in [3.8, 4) is 0 Å². The van der Waals surface area contributed by atoms with E-state index in [2.05, 4.69) is 4.98 Å². The molecule has 3 rings (SSSR count). The summed E-state index contributed by atoms with van der Waals surface area (Å²) in [5, 5.41) is 9.95. The van der Waals surface area contributed by atoms with Crippen molar-refractivity contribution in [2.75, 3.05) is 13.1 Å². The Balaban J connectivity index is 1.80. The fourth-order valence-electron chi connectivity index (χ4n) is 2.29. The molecule has 106 valence electrons. The number of aromatic nitrogens is 1. The lowest BCUT2D eigenvalue weighted by atomic mass is 9.94. The monoisotopic (exact) mass is 284 g/mol. The number of aromatic amines is 1. The van der Waals surface area contributed by atoms with Crippen molar-refractivity contribution in [1.82, 2.24) is 9.88 Å². The average Bonchev–Trinajstić information content (AvgIpc) is 2.76. The predicted molar refractivity (Wildman–Crippen MR) is 65.1 cm³/mol. The summed E-state index contributed by atoms with van der Waals surface area (Å²) < 4.78 is 38.0. The molecule has 0 aliphatic carbocycles. The Morgan fingerprint density at radius 3 is 2.70 bits per heavy atom. The van der Waals surface area contributed by atoms with Gasteiger partial charge in [-0.1, -0.05) is 0 Å². The van der Waals surface area contributed by atoms with E-state index in [9.17, 15) is 23.1 Å². The van der Waals surface area contributed by atoms with E-state index in [1.54, 1.807) is 0 Å². The van der Waals surface area contributed by atoms with Gasteiger partial charge in [0.25, 0.3) is 12.3 Å². The average molecular weight is 284 g/mol. The molecule has 0 bridgehead atoms. The fraction of sp³-hybridized carbons (Fsp3) is 0.308. The van der Waals surface area contributed by atoms with E-state index in [-0.39, 0.29) is 5.69 Å². The molecular weight excluding hydrogens is 273 g/mol. The van der Waals surface area contributed by atoms with Crippen LogP contribution in [0, 0.1) is 5.82 Å². The van der Waals surface area contributed by atoms with Gasteiger partial charge in [0.15, 0.2) is 5.60 Å². The lowest BCUT2D eigenvalue weighted by molar-refractivity contribution is -0.166. The van der Waals surface area contributed by atoms with Crippen molar-refractivity contribution >= 4 is 16.8 Å². The van der Waals surface area contributed by atoms with Gasteiger partial charge < -0.3 is 15.0 Å². The zero-order valence-corrected chi connectivity index (χ0v) is 10.2. The zero-order chi connectivity index (χ0) is 14.5. The quantitative estimate of drug-likeness (QED) is 0.883. The maximum absolute atomic E-state index is 13.0. The molecule has 1 fully saturated rings. The lowest BCUT2D eigenvalue weighted by Crippen LogP contribution is -2.67. The van der Waals surface area contributed by atoms with Gasteiger partial charge in [0.1, 0.15) is 11.5 Å². The molecule has 4 nitrogen and oxygen atoms in total. The summed E-state index contributed by atoms with van der Waals surface area (Å²) >= 11 is 0. The number of carbonyl (C=O) groups is 1. The number of halogens is 3. The number of nitrogens with zero attached hydrogens (tertiary/aromatic N) is 1. The number of H-pyrrole nitrogens is 1. The lowest BCUT2D eigenvalue weighted by Gasteiger charge is -2.45. The van der Waals surface area contributed by atoms with E-state index in [0.717, 1.165) is 4.90 Å². The molecule has 2 N–H and O–H groups in total. The van der Waals surface area contributed by atoms with Crippen LogP contribution in [-0.2, 0) is 0 Å². The molecule has 1 aliphatic rings. The van der Waals surface area contributed by atoms with E-state index < -0.39 is 36.8 Å². The Kier molecular flexibility index (Phi) is 2.75. The van der Waals surface area contributed by atoms with Crippen LogP contribution in [0.5, 0.6) is 0 Å². The topological polar surface area (TPSA) is 56.3 Å². The van der Waals surface area contributed by atoms with Crippen LogP contribution in [0.3, 0.4) is 0 Å². The maximum Gasteiger partial charge on any atom is 0.270 e. The van der Waals surface area contributed by atoms with Gasteiger partial charge in [-0.3, -0.25) is 4.79 Å². The molecule has 1 amide bonds. The van der Waals surface area contributed by atoms with Crippen LogP contribution in [0.25, 0.3) is 10.9 Å². The van der Waals surface area contributed by atoms with Crippen molar-refractivity contribution in [2.45, 2.75) is 12.0 Å². The van der Waals surface area contributed by atoms with Gasteiger partial charge in [-0.2, -0.15) is 0 Å². The predicted octanol–water partition coefficient (Wildman–Crippen LogP) is 1.76. The van der Waals surface area contributed by atoms with Gasteiger partial charge in [0.2, 0.25) is 0 Å². The number of likely N-dealkylation sites (tertiary alicyclic amines) is 1. The normalized spacial score (nSPS) is 17.6. The second-order valence-corrected chi connectivity index (χ2v) is 4.98. The molecular formula is C13H11F3N2O2. The molecule has 0 unspecified atom stereocenters. The first kappa shape index (κ1) is 13.0. The Labute approximate surface area is 111 Å². The molecule has 20 heavy (non-hydrogen) atoms. The van der Waals surface area contributed by atoms with Crippen molar-refractivity contribution < 1.29 is 23.1 Å². The van der Waals surface area contributed by atoms with Crippen LogP contribution in [0.1, 0.15) is 10.5 Å². The molecule has 1 aliphatic heterocycles. The molecule has 1 aromatic carbocycles. The highest BCUT2D eigenvalue weighted by Gasteiger charge is 2.51. The van der Waals surface area contributed by atoms with Crippen molar-refractivity contribution in [1.29, 1.82) is 0 Å². The standard InChI is InChI=1S/C13H11F3N2O2/c14-8-1-2-9-7(3-8)4-10(17-9)11(19)18-5-13(20,6-18)12(15)16/h1-4,12,17,20H,5-6H2. The van der Waals surface area contributed by atoms with Crippen molar-refractivity contribution in [2.24, 2.45) is 0 Å².